The van der Waals surface area contributed by atoms with Crippen LogP contribution in [0.1, 0.15) is 67.7 Å². The lowest BCUT2D eigenvalue weighted by Crippen LogP contribution is -2.57. The Kier molecular flexibility index (Phi) is 13.4. The standard InChI is InChI=1S/C29H47N5O7S2/c1-9-11-19(22(35)24(37)30-12-10-2)32-23(36)20-15-29(42-13-14-43-29)16-34(20)25(38)18(5)31-27(40)33-21(17(3)4)26(39)41-28(6,7)8/h10,17-21H,2,9,11-16H2,1,3-8H3,(H,30,37)(H,32,36)(H2,31,33,40)/t18-,19?,20-,21-/m0/s1. The number of hydrogen-bond donors (Lipinski definition) is 4. The first-order valence-corrected chi connectivity index (χ1v) is 16.6. The molecular weight excluding hydrogens is 594 g/mol. The van der Waals surface area contributed by atoms with Crippen LogP contribution in [0.5, 0.6) is 0 Å². The van der Waals surface area contributed by atoms with Gasteiger partial charge in [-0.25, -0.2) is 9.59 Å². The molecule has 242 valence electrons. The minimum Gasteiger partial charge on any atom is -0.458 e. The summed E-state index contributed by atoms with van der Waals surface area (Å²) in [5.41, 5.74) is -0.737. The van der Waals surface area contributed by atoms with Crippen molar-refractivity contribution in [3.8, 4) is 0 Å². The van der Waals surface area contributed by atoms with E-state index in [0.717, 1.165) is 11.5 Å². The van der Waals surface area contributed by atoms with E-state index in [0.29, 0.717) is 12.8 Å². The molecule has 2 aliphatic rings. The highest BCUT2D eigenvalue weighted by atomic mass is 32.2. The van der Waals surface area contributed by atoms with Crippen LogP contribution in [0.3, 0.4) is 0 Å². The van der Waals surface area contributed by atoms with Crippen LogP contribution in [0.2, 0.25) is 0 Å². The van der Waals surface area contributed by atoms with Gasteiger partial charge in [0.1, 0.15) is 23.7 Å². The number of carbonyl (C=O) groups excluding carboxylic acids is 6. The van der Waals surface area contributed by atoms with Gasteiger partial charge in [-0.3, -0.25) is 19.2 Å². The number of hydrogen-bond acceptors (Lipinski definition) is 9. The predicted molar refractivity (Wildman–Crippen MR) is 168 cm³/mol. The van der Waals surface area contributed by atoms with Gasteiger partial charge in [0.05, 0.1) is 10.1 Å². The average Bonchev–Trinajstić information content (AvgIpc) is 3.54. The molecule has 4 atom stereocenters. The second-order valence-electron chi connectivity index (χ2n) is 12.1. The summed E-state index contributed by atoms with van der Waals surface area (Å²) in [6.07, 6.45) is 2.62. The Balaban J connectivity index is 2.18. The molecule has 2 fully saturated rings. The monoisotopic (exact) mass is 641 g/mol. The summed E-state index contributed by atoms with van der Waals surface area (Å²) < 4.78 is 5.05. The summed E-state index contributed by atoms with van der Waals surface area (Å²) in [7, 11) is 0. The van der Waals surface area contributed by atoms with Gasteiger partial charge in [-0.2, -0.15) is 0 Å². The van der Waals surface area contributed by atoms with Gasteiger partial charge < -0.3 is 30.9 Å². The lowest BCUT2D eigenvalue weighted by atomic mass is 10.0. The largest absolute Gasteiger partial charge is 0.458 e. The predicted octanol–water partition coefficient (Wildman–Crippen LogP) is 1.97. The SMILES string of the molecule is C=CCNC(=O)C(=O)C(CCC)NC(=O)[C@@H]1CC2(CN1C(=O)[C@H](C)NC(=O)N[C@H](C(=O)OC(C)(C)C)C(C)C)SCCS2. The first kappa shape index (κ1) is 36.5. The van der Waals surface area contributed by atoms with Crippen molar-refractivity contribution >= 4 is 59.0 Å². The maximum atomic E-state index is 13.7. The number of likely N-dealkylation sites (tertiary alicyclic amines) is 1. The van der Waals surface area contributed by atoms with E-state index in [1.54, 1.807) is 58.1 Å². The van der Waals surface area contributed by atoms with Gasteiger partial charge in [0.15, 0.2) is 0 Å². The number of ketones is 1. The maximum Gasteiger partial charge on any atom is 0.329 e. The van der Waals surface area contributed by atoms with Gasteiger partial charge in [0.25, 0.3) is 5.91 Å². The van der Waals surface area contributed by atoms with Crippen LogP contribution in [0.15, 0.2) is 12.7 Å². The number of ether oxygens (including phenoxy) is 1. The zero-order chi connectivity index (χ0) is 32.5. The van der Waals surface area contributed by atoms with Crippen LogP contribution >= 0.6 is 23.5 Å². The van der Waals surface area contributed by atoms with Gasteiger partial charge in [0.2, 0.25) is 17.6 Å². The highest BCUT2D eigenvalue weighted by Gasteiger charge is 2.52. The molecule has 5 amide bonds. The molecule has 0 radical (unpaired) electrons. The zero-order valence-corrected chi connectivity index (χ0v) is 27.9. The summed E-state index contributed by atoms with van der Waals surface area (Å²) in [5.74, 6) is -1.68. The molecule has 1 unspecified atom stereocenters. The van der Waals surface area contributed by atoms with Crippen molar-refractivity contribution in [3.63, 3.8) is 0 Å². The molecule has 0 aromatic heterocycles. The number of amides is 5. The Morgan fingerprint density at radius 1 is 1.05 bits per heavy atom. The Morgan fingerprint density at radius 2 is 1.67 bits per heavy atom. The van der Waals surface area contributed by atoms with Crippen LogP contribution in [-0.4, -0.2) is 98.8 Å². The Morgan fingerprint density at radius 3 is 2.21 bits per heavy atom. The van der Waals surface area contributed by atoms with Crippen molar-refractivity contribution in [1.82, 2.24) is 26.2 Å². The third-order valence-electron chi connectivity index (χ3n) is 6.86. The van der Waals surface area contributed by atoms with Crippen molar-refractivity contribution < 1.29 is 33.5 Å². The fourth-order valence-electron chi connectivity index (χ4n) is 4.80. The number of nitrogens with one attached hydrogen (secondary N) is 4. The number of rotatable bonds is 13. The third-order valence-corrected chi connectivity index (χ3v) is 10.3. The van der Waals surface area contributed by atoms with Crippen molar-refractivity contribution in [2.45, 2.75) is 102 Å². The van der Waals surface area contributed by atoms with E-state index >= 15 is 0 Å². The molecule has 12 nitrogen and oxygen atoms in total. The topological polar surface area (TPSA) is 163 Å². The van der Waals surface area contributed by atoms with E-state index in [4.69, 9.17) is 4.74 Å². The van der Waals surface area contributed by atoms with Crippen molar-refractivity contribution in [3.05, 3.63) is 12.7 Å². The first-order valence-electron chi connectivity index (χ1n) is 14.7. The van der Waals surface area contributed by atoms with Gasteiger partial charge in [-0.05, 0) is 40.0 Å². The minimum absolute atomic E-state index is 0.118. The van der Waals surface area contributed by atoms with E-state index in [1.165, 1.54) is 17.9 Å². The summed E-state index contributed by atoms with van der Waals surface area (Å²) in [5, 5.41) is 10.4. The molecular formula is C29H47N5O7S2. The molecule has 0 bridgehead atoms. The number of urea groups is 1. The fraction of sp³-hybridized carbons (Fsp3) is 0.724. The van der Waals surface area contributed by atoms with Crippen LogP contribution in [0, 0.1) is 5.92 Å². The number of Topliss-reactive ketones (excluding diaryl/α,β-unsaturated/α-hetero) is 1. The van der Waals surface area contributed by atoms with E-state index in [-0.39, 0.29) is 29.5 Å². The number of thioether (sulfide) groups is 2. The highest BCUT2D eigenvalue weighted by molar-refractivity contribution is 8.21. The van der Waals surface area contributed by atoms with Crippen LogP contribution < -0.4 is 21.3 Å². The summed E-state index contributed by atoms with van der Waals surface area (Å²) >= 11 is 3.37. The van der Waals surface area contributed by atoms with Gasteiger partial charge in [0, 0.05) is 31.0 Å². The molecule has 4 N–H and O–H groups in total. The third kappa shape index (κ3) is 10.4. The summed E-state index contributed by atoms with van der Waals surface area (Å²) in [6.45, 7) is 16.0. The molecule has 0 aliphatic carbocycles. The molecule has 0 aromatic rings. The highest BCUT2D eigenvalue weighted by Crippen LogP contribution is 2.51. The van der Waals surface area contributed by atoms with Gasteiger partial charge in [-0.1, -0.05) is 33.3 Å². The zero-order valence-electron chi connectivity index (χ0n) is 26.2. The molecule has 0 saturated carbocycles. The van der Waals surface area contributed by atoms with E-state index in [1.807, 2.05) is 6.92 Å². The number of carbonyl (C=O) groups is 6. The smallest absolute Gasteiger partial charge is 0.329 e. The summed E-state index contributed by atoms with van der Waals surface area (Å²) in [6, 6.07) is -4.61. The minimum atomic E-state index is -1.04. The number of nitrogens with zero attached hydrogens (tertiary/aromatic N) is 1. The van der Waals surface area contributed by atoms with E-state index in [9.17, 15) is 28.8 Å². The van der Waals surface area contributed by atoms with Gasteiger partial charge in [-0.15, -0.1) is 30.1 Å². The molecule has 14 heteroatoms. The maximum absolute atomic E-state index is 13.7. The molecule has 43 heavy (non-hydrogen) atoms. The first-order chi connectivity index (χ1) is 20.0. The van der Waals surface area contributed by atoms with E-state index < -0.39 is 65.3 Å². The normalized spacial score (nSPS) is 19.7. The molecule has 2 heterocycles. The molecule has 2 aliphatic heterocycles. The van der Waals surface area contributed by atoms with Gasteiger partial charge >= 0.3 is 12.0 Å². The Hall–Kier alpha value is -2.74. The molecule has 0 aromatic carbocycles. The molecule has 2 saturated heterocycles. The second kappa shape index (κ2) is 15.8. The Bertz CT molecular complexity index is 1070. The van der Waals surface area contributed by atoms with Crippen molar-refractivity contribution in [2.24, 2.45) is 5.92 Å². The Labute approximate surface area is 263 Å². The summed E-state index contributed by atoms with van der Waals surface area (Å²) in [4.78, 5) is 79.4. The van der Waals surface area contributed by atoms with Crippen molar-refractivity contribution in [2.75, 3.05) is 24.6 Å². The quantitative estimate of drug-likeness (QED) is 0.134. The van der Waals surface area contributed by atoms with Crippen LogP contribution in [0.25, 0.3) is 0 Å². The van der Waals surface area contributed by atoms with E-state index in [2.05, 4.69) is 27.8 Å². The average molecular weight is 642 g/mol. The molecule has 1 spiro atoms. The van der Waals surface area contributed by atoms with Crippen LogP contribution in [0.4, 0.5) is 4.79 Å². The van der Waals surface area contributed by atoms with Crippen molar-refractivity contribution in [1.29, 1.82) is 0 Å². The van der Waals surface area contributed by atoms with Crippen LogP contribution in [-0.2, 0) is 28.7 Å². The fourth-order valence-corrected chi connectivity index (χ4v) is 8.06. The second-order valence-corrected chi connectivity index (χ2v) is 15.3. The lowest BCUT2D eigenvalue weighted by Gasteiger charge is -2.29. The number of esters is 1. The molecule has 2 rings (SSSR count). The lowest BCUT2D eigenvalue weighted by molar-refractivity contribution is -0.158.